The number of benzene rings is 1. The lowest BCUT2D eigenvalue weighted by atomic mass is 10.1. The van der Waals surface area contributed by atoms with E-state index in [9.17, 15) is 4.79 Å². The second-order valence-electron chi connectivity index (χ2n) is 4.02. The Morgan fingerprint density at radius 3 is 2.65 bits per heavy atom. The molecule has 2 rings (SSSR count). The van der Waals surface area contributed by atoms with E-state index in [4.69, 9.17) is 16.9 Å². The van der Waals surface area contributed by atoms with Crippen molar-refractivity contribution < 1.29 is 4.79 Å². The van der Waals surface area contributed by atoms with E-state index in [0.717, 1.165) is 5.56 Å². The van der Waals surface area contributed by atoms with Gasteiger partial charge in [-0.15, -0.1) is 0 Å². The maximum absolute atomic E-state index is 12.0. The summed E-state index contributed by atoms with van der Waals surface area (Å²) in [5.74, 6) is 0.0401. The van der Waals surface area contributed by atoms with Crippen molar-refractivity contribution in [2.75, 3.05) is 5.32 Å². The third-order valence-electron chi connectivity index (χ3n) is 2.61. The molecule has 2 aromatic rings. The zero-order valence-electron chi connectivity index (χ0n) is 10.7. The number of aryl methyl sites for hydroxylation is 1. The molecule has 0 atom stereocenters. The molecule has 0 radical (unpaired) electrons. The molecule has 0 saturated heterocycles. The predicted octanol–water partition coefficient (Wildman–Crippen LogP) is 2.62. The van der Waals surface area contributed by atoms with Crippen molar-refractivity contribution in [2.24, 2.45) is 7.05 Å². The number of nitrogens with one attached hydrogen (secondary N) is 1. The maximum Gasteiger partial charge on any atom is 0.267 e. The molecular weight excluding hydrogens is 276 g/mol. The Kier molecular flexibility index (Phi) is 4.18. The van der Waals surface area contributed by atoms with Crippen LogP contribution in [0.15, 0.2) is 42.1 Å². The summed E-state index contributed by atoms with van der Waals surface area (Å²) < 4.78 is 1.51. The number of rotatable bonds is 3. The Morgan fingerprint density at radius 2 is 2.10 bits per heavy atom. The van der Waals surface area contributed by atoms with Gasteiger partial charge in [-0.3, -0.25) is 9.48 Å². The number of amides is 1. The molecule has 5 nitrogen and oxygen atoms in total. The van der Waals surface area contributed by atoms with Crippen LogP contribution in [0.25, 0.3) is 6.08 Å². The third-order valence-corrected chi connectivity index (χ3v) is 2.86. The Balaban J connectivity index is 2.20. The number of carbonyl (C=O) groups is 1. The molecule has 20 heavy (non-hydrogen) atoms. The highest BCUT2D eigenvalue weighted by molar-refractivity contribution is 6.30. The number of halogens is 1. The monoisotopic (exact) mass is 286 g/mol. The lowest BCUT2D eigenvalue weighted by molar-refractivity contribution is -0.112. The van der Waals surface area contributed by atoms with Crippen molar-refractivity contribution in [3.8, 4) is 6.07 Å². The number of carbonyl (C=O) groups excluding carboxylic acids is 1. The van der Waals surface area contributed by atoms with Crippen molar-refractivity contribution in [3.63, 3.8) is 0 Å². The highest BCUT2D eigenvalue weighted by Crippen LogP contribution is 2.13. The van der Waals surface area contributed by atoms with Gasteiger partial charge in [-0.1, -0.05) is 23.7 Å². The van der Waals surface area contributed by atoms with Gasteiger partial charge in [0.2, 0.25) is 0 Å². The first kappa shape index (κ1) is 13.8. The molecule has 1 aromatic heterocycles. The van der Waals surface area contributed by atoms with Gasteiger partial charge in [0.25, 0.3) is 5.91 Å². The molecule has 1 amide bonds. The Bertz CT molecular complexity index is 695. The van der Waals surface area contributed by atoms with E-state index in [1.807, 2.05) is 6.07 Å². The van der Waals surface area contributed by atoms with Crippen LogP contribution in [0.1, 0.15) is 5.56 Å². The first-order valence-corrected chi connectivity index (χ1v) is 6.14. The fraction of sp³-hybridized carbons (Fsp3) is 0.0714. The molecule has 0 bridgehead atoms. The molecule has 0 saturated carbocycles. The topological polar surface area (TPSA) is 70.7 Å². The van der Waals surface area contributed by atoms with Gasteiger partial charge in [0.05, 0.1) is 6.20 Å². The normalized spacial score (nSPS) is 10.9. The van der Waals surface area contributed by atoms with Gasteiger partial charge >= 0.3 is 0 Å². The SMILES string of the molecule is Cn1nccc1NC(=O)C(C#N)=Cc1ccc(Cl)cc1. The fourth-order valence-electron chi connectivity index (χ4n) is 1.55. The minimum atomic E-state index is -0.481. The van der Waals surface area contributed by atoms with E-state index < -0.39 is 5.91 Å². The van der Waals surface area contributed by atoms with Crippen molar-refractivity contribution in [2.45, 2.75) is 0 Å². The van der Waals surface area contributed by atoms with Crippen LogP contribution in [0.4, 0.5) is 5.82 Å². The van der Waals surface area contributed by atoms with Gasteiger partial charge in [0.15, 0.2) is 0 Å². The van der Waals surface area contributed by atoms with Crippen LogP contribution < -0.4 is 5.32 Å². The summed E-state index contributed by atoms with van der Waals surface area (Å²) in [7, 11) is 1.70. The van der Waals surface area contributed by atoms with Gasteiger partial charge in [-0.2, -0.15) is 10.4 Å². The quantitative estimate of drug-likeness (QED) is 0.696. The summed E-state index contributed by atoms with van der Waals surface area (Å²) in [6.07, 6.45) is 3.06. The molecule has 1 aromatic carbocycles. The third kappa shape index (κ3) is 3.25. The van der Waals surface area contributed by atoms with Gasteiger partial charge in [-0.05, 0) is 23.8 Å². The van der Waals surface area contributed by atoms with E-state index >= 15 is 0 Å². The zero-order chi connectivity index (χ0) is 14.5. The Hall–Kier alpha value is -2.58. The maximum atomic E-state index is 12.0. The summed E-state index contributed by atoms with van der Waals surface area (Å²) >= 11 is 5.78. The predicted molar refractivity (Wildman–Crippen MR) is 76.9 cm³/mol. The summed E-state index contributed by atoms with van der Waals surface area (Å²) in [4.78, 5) is 12.0. The largest absolute Gasteiger partial charge is 0.306 e. The van der Waals surface area contributed by atoms with Crippen molar-refractivity contribution >= 4 is 29.4 Å². The molecule has 0 spiro atoms. The minimum absolute atomic E-state index is 0.00789. The zero-order valence-corrected chi connectivity index (χ0v) is 11.4. The van der Waals surface area contributed by atoms with E-state index in [1.165, 1.54) is 10.8 Å². The van der Waals surface area contributed by atoms with Crippen molar-refractivity contribution in [3.05, 3.63) is 52.7 Å². The summed E-state index contributed by atoms with van der Waals surface area (Å²) in [6, 6.07) is 10.4. The molecule has 0 aliphatic rings. The standard InChI is InChI=1S/C14H11ClN4O/c1-19-13(6-7-17-19)18-14(20)11(9-16)8-10-2-4-12(15)5-3-10/h2-8H,1H3,(H,18,20). The minimum Gasteiger partial charge on any atom is -0.306 e. The second-order valence-corrected chi connectivity index (χ2v) is 4.45. The van der Waals surface area contributed by atoms with Crippen LogP contribution in [-0.2, 0) is 11.8 Å². The van der Waals surface area contributed by atoms with Crippen LogP contribution in [0, 0.1) is 11.3 Å². The summed E-state index contributed by atoms with van der Waals surface area (Å²) in [6.45, 7) is 0. The lowest BCUT2D eigenvalue weighted by Gasteiger charge is -2.04. The number of nitrogens with zero attached hydrogens (tertiary/aromatic N) is 3. The molecule has 0 fully saturated rings. The number of aromatic nitrogens is 2. The van der Waals surface area contributed by atoms with E-state index in [-0.39, 0.29) is 5.57 Å². The molecule has 0 aliphatic heterocycles. The average molecular weight is 287 g/mol. The Labute approximate surface area is 121 Å². The van der Waals surface area contributed by atoms with Crippen LogP contribution in [-0.4, -0.2) is 15.7 Å². The molecule has 0 unspecified atom stereocenters. The average Bonchev–Trinajstić information content (AvgIpc) is 2.83. The molecule has 1 heterocycles. The smallest absolute Gasteiger partial charge is 0.267 e. The van der Waals surface area contributed by atoms with Crippen LogP contribution in [0.5, 0.6) is 0 Å². The van der Waals surface area contributed by atoms with Gasteiger partial charge in [0.1, 0.15) is 17.5 Å². The molecule has 1 N–H and O–H groups in total. The molecule has 0 aliphatic carbocycles. The summed E-state index contributed by atoms with van der Waals surface area (Å²) in [5, 5.41) is 16.2. The summed E-state index contributed by atoms with van der Waals surface area (Å²) in [5.41, 5.74) is 0.736. The molecule has 100 valence electrons. The number of hydrogen-bond donors (Lipinski definition) is 1. The van der Waals surface area contributed by atoms with Crippen LogP contribution in [0.2, 0.25) is 5.02 Å². The van der Waals surface area contributed by atoms with Gasteiger partial charge < -0.3 is 5.32 Å². The molecular formula is C14H11ClN4O. The fourth-order valence-corrected chi connectivity index (χ4v) is 1.68. The van der Waals surface area contributed by atoms with Crippen LogP contribution in [0.3, 0.4) is 0 Å². The van der Waals surface area contributed by atoms with E-state index in [2.05, 4.69) is 10.4 Å². The van der Waals surface area contributed by atoms with E-state index in [1.54, 1.807) is 43.6 Å². The first-order chi connectivity index (χ1) is 9.60. The van der Waals surface area contributed by atoms with Crippen molar-refractivity contribution in [1.82, 2.24) is 9.78 Å². The highest BCUT2D eigenvalue weighted by atomic mass is 35.5. The van der Waals surface area contributed by atoms with Gasteiger partial charge in [0, 0.05) is 18.1 Å². The van der Waals surface area contributed by atoms with Crippen molar-refractivity contribution in [1.29, 1.82) is 5.26 Å². The first-order valence-electron chi connectivity index (χ1n) is 5.77. The molecule has 6 heteroatoms. The Morgan fingerprint density at radius 1 is 1.40 bits per heavy atom. The number of hydrogen-bond acceptors (Lipinski definition) is 3. The van der Waals surface area contributed by atoms with Gasteiger partial charge in [-0.25, -0.2) is 0 Å². The second kappa shape index (κ2) is 6.04. The lowest BCUT2D eigenvalue weighted by Crippen LogP contribution is -2.15. The van der Waals surface area contributed by atoms with E-state index in [0.29, 0.717) is 10.8 Å². The van der Waals surface area contributed by atoms with Crippen LogP contribution >= 0.6 is 11.6 Å². The highest BCUT2D eigenvalue weighted by Gasteiger charge is 2.11. The number of anilines is 1. The number of nitriles is 1.